The van der Waals surface area contributed by atoms with E-state index in [9.17, 15) is 18.4 Å². The van der Waals surface area contributed by atoms with E-state index in [1.165, 1.54) is 39.7 Å². The topological polar surface area (TPSA) is 68.9 Å². The zero-order chi connectivity index (χ0) is 24.7. The Labute approximate surface area is 203 Å². The van der Waals surface area contributed by atoms with Gasteiger partial charge in [0.25, 0.3) is 5.56 Å². The number of hydrogen-bond donors (Lipinski definition) is 1. The van der Waals surface area contributed by atoms with Gasteiger partial charge in [-0.2, -0.15) is 0 Å². The highest BCUT2D eigenvalue weighted by molar-refractivity contribution is 6.31. The minimum absolute atomic E-state index is 0.158. The van der Waals surface area contributed by atoms with Crippen LogP contribution in [0.2, 0.25) is 5.02 Å². The first kappa shape index (κ1) is 22.7. The molecule has 6 nitrogen and oxygen atoms in total. The average Bonchev–Trinajstić information content (AvgIpc) is 3.12. The van der Waals surface area contributed by atoms with Crippen molar-refractivity contribution < 1.29 is 13.6 Å². The SMILES string of the molecule is Cc1ccc(NC(=O)Cn2c3ccc(F)cc3c3ncn(Cc4ccccc4Cl)c(=O)c32)cc1F. The summed E-state index contributed by atoms with van der Waals surface area (Å²) in [5, 5.41) is 3.57. The van der Waals surface area contributed by atoms with Crippen molar-refractivity contribution in [1.82, 2.24) is 14.1 Å². The van der Waals surface area contributed by atoms with Crippen LogP contribution in [-0.4, -0.2) is 20.0 Å². The number of rotatable bonds is 5. The van der Waals surface area contributed by atoms with Crippen LogP contribution in [0.4, 0.5) is 14.5 Å². The summed E-state index contributed by atoms with van der Waals surface area (Å²) < 4.78 is 30.9. The monoisotopic (exact) mass is 492 g/mol. The van der Waals surface area contributed by atoms with Crippen LogP contribution < -0.4 is 10.9 Å². The number of hydrogen-bond acceptors (Lipinski definition) is 3. The number of aromatic nitrogens is 3. The third-order valence-corrected chi connectivity index (χ3v) is 6.21. The molecule has 0 unspecified atom stereocenters. The summed E-state index contributed by atoms with van der Waals surface area (Å²) in [5.74, 6) is -1.41. The molecule has 0 atom stereocenters. The van der Waals surface area contributed by atoms with Crippen molar-refractivity contribution in [2.24, 2.45) is 0 Å². The molecule has 0 saturated carbocycles. The van der Waals surface area contributed by atoms with Gasteiger partial charge in [-0.25, -0.2) is 13.8 Å². The molecule has 176 valence electrons. The third kappa shape index (κ3) is 4.28. The highest BCUT2D eigenvalue weighted by Crippen LogP contribution is 2.27. The second kappa shape index (κ2) is 8.96. The zero-order valence-electron chi connectivity index (χ0n) is 18.6. The summed E-state index contributed by atoms with van der Waals surface area (Å²) in [6.45, 7) is 1.54. The Hall–Kier alpha value is -4.04. The van der Waals surface area contributed by atoms with Crippen LogP contribution in [0.15, 0.2) is 71.8 Å². The van der Waals surface area contributed by atoms with Gasteiger partial charge in [0.2, 0.25) is 5.91 Å². The Morgan fingerprint density at radius 3 is 2.66 bits per heavy atom. The Balaban J connectivity index is 1.60. The van der Waals surface area contributed by atoms with Gasteiger partial charge in [0, 0.05) is 16.1 Å². The molecular weight excluding hydrogens is 474 g/mol. The van der Waals surface area contributed by atoms with Crippen LogP contribution in [0, 0.1) is 18.6 Å². The van der Waals surface area contributed by atoms with Gasteiger partial charge < -0.3 is 9.88 Å². The normalized spacial score (nSPS) is 11.3. The van der Waals surface area contributed by atoms with Crippen LogP contribution in [0.5, 0.6) is 0 Å². The van der Waals surface area contributed by atoms with Crippen LogP contribution in [-0.2, 0) is 17.9 Å². The number of benzene rings is 3. The summed E-state index contributed by atoms with van der Waals surface area (Å²) in [5.41, 5.74) is 1.99. The lowest BCUT2D eigenvalue weighted by Gasteiger charge is -2.11. The van der Waals surface area contributed by atoms with Crippen LogP contribution in [0.1, 0.15) is 11.1 Å². The Morgan fingerprint density at radius 2 is 1.89 bits per heavy atom. The van der Waals surface area contributed by atoms with Crippen LogP contribution in [0.3, 0.4) is 0 Å². The van der Waals surface area contributed by atoms with Crippen LogP contribution in [0.25, 0.3) is 21.9 Å². The van der Waals surface area contributed by atoms with E-state index in [1.807, 2.05) is 6.07 Å². The zero-order valence-corrected chi connectivity index (χ0v) is 19.3. The third-order valence-electron chi connectivity index (χ3n) is 5.84. The number of fused-ring (bicyclic) bond motifs is 3. The number of nitrogens with zero attached hydrogens (tertiary/aromatic N) is 3. The molecule has 5 rings (SSSR count). The summed E-state index contributed by atoms with van der Waals surface area (Å²) in [7, 11) is 0. The Kier molecular flexibility index (Phi) is 5.82. The molecule has 3 aromatic carbocycles. The number of amides is 1. The molecule has 0 spiro atoms. The summed E-state index contributed by atoms with van der Waals surface area (Å²) >= 11 is 6.26. The van der Waals surface area contributed by atoms with Gasteiger partial charge in [-0.05, 0) is 54.4 Å². The number of halogens is 3. The van der Waals surface area contributed by atoms with E-state index in [0.717, 1.165) is 5.56 Å². The molecule has 1 amide bonds. The van der Waals surface area contributed by atoms with Gasteiger partial charge in [-0.15, -0.1) is 0 Å². The van der Waals surface area contributed by atoms with Gasteiger partial charge in [0.15, 0.2) is 0 Å². The van der Waals surface area contributed by atoms with Gasteiger partial charge in [0.1, 0.15) is 29.2 Å². The maximum Gasteiger partial charge on any atom is 0.278 e. The number of carbonyl (C=O) groups is 1. The molecular formula is C26H19ClF2N4O2. The highest BCUT2D eigenvalue weighted by Gasteiger charge is 2.19. The second-order valence-electron chi connectivity index (χ2n) is 8.23. The first-order valence-corrected chi connectivity index (χ1v) is 11.2. The van der Waals surface area contributed by atoms with Crippen molar-refractivity contribution in [2.75, 3.05) is 5.32 Å². The van der Waals surface area contributed by atoms with Gasteiger partial charge in [0.05, 0.1) is 18.4 Å². The summed E-state index contributed by atoms with van der Waals surface area (Å²) in [6, 6.07) is 15.6. The number of aryl methyl sites for hydroxylation is 1. The number of nitrogens with one attached hydrogen (secondary N) is 1. The molecule has 0 saturated heterocycles. The van der Waals surface area contributed by atoms with Gasteiger partial charge >= 0.3 is 0 Å². The minimum Gasteiger partial charge on any atom is -0.325 e. The lowest BCUT2D eigenvalue weighted by atomic mass is 10.2. The van der Waals surface area contributed by atoms with E-state index in [2.05, 4.69) is 10.3 Å². The highest BCUT2D eigenvalue weighted by atomic mass is 35.5. The quantitative estimate of drug-likeness (QED) is 0.363. The first-order valence-electron chi connectivity index (χ1n) is 10.8. The molecule has 1 N–H and O–H groups in total. The molecule has 2 aromatic heterocycles. The summed E-state index contributed by atoms with van der Waals surface area (Å²) in [6.07, 6.45) is 1.39. The average molecular weight is 493 g/mol. The largest absolute Gasteiger partial charge is 0.325 e. The van der Waals surface area contributed by atoms with E-state index in [4.69, 9.17) is 11.6 Å². The fourth-order valence-corrected chi connectivity index (χ4v) is 4.27. The van der Waals surface area contributed by atoms with E-state index >= 15 is 0 Å². The second-order valence-corrected chi connectivity index (χ2v) is 8.63. The van der Waals surface area contributed by atoms with E-state index in [0.29, 0.717) is 27.2 Å². The van der Waals surface area contributed by atoms with Gasteiger partial charge in [-0.1, -0.05) is 35.9 Å². The smallest absolute Gasteiger partial charge is 0.278 e. The van der Waals surface area contributed by atoms with Crippen molar-refractivity contribution in [1.29, 1.82) is 0 Å². The van der Waals surface area contributed by atoms with Crippen LogP contribution >= 0.6 is 11.6 Å². The molecule has 0 bridgehead atoms. The van der Waals surface area contributed by atoms with Crippen molar-refractivity contribution in [3.8, 4) is 0 Å². The van der Waals surface area contributed by atoms with Crippen molar-refractivity contribution in [3.63, 3.8) is 0 Å². The predicted molar refractivity (Wildman–Crippen MR) is 132 cm³/mol. The summed E-state index contributed by atoms with van der Waals surface area (Å²) in [4.78, 5) is 30.8. The fourth-order valence-electron chi connectivity index (χ4n) is 4.07. The molecule has 0 aliphatic rings. The molecule has 5 aromatic rings. The molecule has 0 aliphatic carbocycles. The van der Waals surface area contributed by atoms with Crippen molar-refractivity contribution in [2.45, 2.75) is 20.0 Å². The first-order chi connectivity index (χ1) is 16.8. The molecule has 9 heteroatoms. The Morgan fingerprint density at radius 1 is 1.09 bits per heavy atom. The molecule has 0 radical (unpaired) electrons. The molecule has 0 aliphatic heterocycles. The van der Waals surface area contributed by atoms with E-state index in [-0.39, 0.29) is 24.1 Å². The van der Waals surface area contributed by atoms with Crippen molar-refractivity contribution in [3.05, 3.63) is 105 Å². The number of carbonyl (C=O) groups excluding carboxylic acids is 1. The lowest BCUT2D eigenvalue weighted by Crippen LogP contribution is -2.25. The predicted octanol–water partition coefficient (Wildman–Crippen LogP) is 5.28. The number of anilines is 1. The maximum atomic E-state index is 14.1. The van der Waals surface area contributed by atoms with Crippen molar-refractivity contribution >= 4 is 45.1 Å². The molecule has 2 heterocycles. The van der Waals surface area contributed by atoms with E-state index < -0.39 is 23.1 Å². The van der Waals surface area contributed by atoms with Gasteiger partial charge in [-0.3, -0.25) is 14.2 Å². The lowest BCUT2D eigenvalue weighted by molar-refractivity contribution is -0.116. The molecule has 0 fully saturated rings. The maximum absolute atomic E-state index is 14.1. The standard InChI is InChI=1S/C26H19ClF2N4O2/c1-15-6-8-18(11-21(15)29)31-23(34)13-33-22-9-7-17(28)10-19(22)24-25(33)26(35)32(14-30-24)12-16-4-2-3-5-20(16)27/h2-11,14H,12-13H2,1H3,(H,31,34). The molecule has 35 heavy (non-hydrogen) atoms. The minimum atomic E-state index is -0.488. The fraction of sp³-hybridized carbons (Fsp3) is 0.115. The Bertz CT molecular complexity index is 1680. The van der Waals surface area contributed by atoms with E-state index in [1.54, 1.807) is 37.3 Å².